The molecule has 0 spiro atoms. The van der Waals surface area contributed by atoms with Gasteiger partial charge in [-0.05, 0) is 42.5 Å². The van der Waals surface area contributed by atoms with E-state index in [-0.39, 0.29) is 22.5 Å². The van der Waals surface area contributed by atoms with Gasteiger partial charge in [-0.1, -0.05) is 18.2 Å². The van der Waals surface area contributed by atoms with Gasteiger partial charge >= 0.3 is 5.97 Å². The van der Waals surface area contributed by atoms with E-state index in [1.54, 1.807) is 30.3 Å². The van der Waals surface area contributed by atoms with E-state index >= 15 is 0 Å². The van der Waals surface area contributed by atoms with Crippen LogP contribution in [0.4, 0.5) is 11.4 Å². The Kier molecular flexibility index (Phi) is 5.84. The molecule has 0 aromatic heterocycles. The highest BCUT2D eigenvalue weighted by molar-refractivity contribution is 6.06. The summed E-state index contributed by atoms with van der Waals surface area (Å²) >= 11 is 0. The highest BCUT2D eigenvalue weighted by Gasteiger charge is 2.16. The van der Waals surface area contributed by atoms with Crippen LogP contribution in [-0.4, -0.2) is 23.9 Å². The van der Waals surface area contributed by atoms with Gasteiger partial charge < -0.3 is 14.8 Å². The first-order valence-corrected chi connectivity index (χ1v) is 8.49. The number of nitrogens with zero attached hydrogens (tertiary/aromatic N) is 1. The van der Waals surface area contributed by atoms with Gasteiger partial charge in [0, 0.05) is 17.7 Å². The number of nitro benzene ring substituents is 1. The molecule has 0 aliphatic carbocycles. The van der Waals surface area contributed by atoms with Crippen molar-refractivity contribution in [3.05, 3.63) is 94.0 Å². The van der Waals surface area contributed by atoms with E-state index in [0.717, 1.165) is 0 Å². The molecule has 3 rings (SSSR count). The molecule has 29 heavy (non-hydrogen) atoms. The summed E-state index contributed by atoms with van der Waals surface area (Å²) in [6.07, 6.45) is 0. The molecular weight excluding hydrogens is 376 g/mol. The van der Waals surface area contributed by atoms with E-state index in [1.807, 2.05) is 6.07 Å². The van der Waals surface area contributed by atoms with Crippen LogP contribution in [0.3, 0.4) is 0 Å². The number of hydrogen-bond acceptors (Lipinski definition) is 6. The average molecular weight is 392 g/mol. The molecule has 3 aromatic rings. The Morgan fingerprint density at radius 3 is 2.21 bits per heavy atom. The number of carbonyl (C=O) groups excluding carboxylic acids is 2. The van der Waals surface area contributed by atoms with E-state index < -0.39 is 16.8 Å². The Hall–Kier alpha value is -4.20. The molecule has 8 nitrogen and oxygen atoms in total. The second-order valence-corrected chi connectivity index (χ2v) is 5.88. The summed E-state index contributed by atoms with van der Waals surface area (Å²) in [6, 6.07) is 18.6. The van der Waals surface area contributed by atoms with Crippen molar-refractivity contribution in [3.63, 3.8) is 0 Å². The molecule has 0 unspecified atom stereocenters. The number of methoxy groups -OCH3 is 1. The summed E-state index contributed by atoms with van der Waals surface area (Å²) in [5.41, 5.74) is 0.569. The number of para-hydroxylation sites is 1. The van der Waals surface area contributed by atoms with Gasteiger partial charge in [0.25, 0.3) is 11.6 Å². The molecule has 3 aromatic carbocycles. The van der Waals surface area contributed by atoms with Crippen LogP contribution < -0.4 is 10.1 Å². The molecule has 0 saturated carbocycles. The Labute approximate surface area is 165 Å². The number of amides is 1. The second kappa shape index (κ2) is 8.66. The number of benzene rings is 3. The summed E-state index contributed by atoms with van der Waals surface area (Å²) in [5, 5.41) is 13.4. The molecule has 146 valence electrons. The lowest BCUT2D eigenvalue weighted by Crippen LogP contribution is -2.13. The van der Waals surface area contributed by atoms with Gasteiger partial charge in [-0.3, -0.25) is 14.9 Å². The lowest BCUT2D eigenvalue weighted by atomic mass is 10.1. The van der Waals surface area contributed by atoms with E-state index in [9.17, 15) is 19.7 Å². The van der Waals surface area contributed by atoms with Crippen LogP contribution >= 0.6 is 0 Å². The van der Waals surface area contributed by atoms with Gasteiger partial charge in [-0.2, -0.15) is 0 Å². The third-order valence-electron chi connectivity index (χ3n) is 3.96. The van der Waals surface area contributed by atoms with Crippen molar-refractivity contribution in [3.8, 4) is 11.5 Å². The number of carbonyl (C=O) groups is 2. The Bertz CT molecular complexity index is 1050. The first-order valence-electron chi connectivity index (χ1n) is 8.49. The smallest absolute Gasteiger partial charge is 0.337 e. The van der Waals surface area contributed by atoms with Crippen LogP contribution in [0.2, 0.25) is 0 Å². The second-order valence-electron chi connectivity index (χ2n) is 5.88. The van der Waals surface area contributed by atoms with Crippen LogP contribution in [0, 0.1) is 10.1 Å². The van der Waals surface area contributed by atoms with Crippen LogP contribution in [-0.2, 0) is 4.74 Å². The number of nitro groups is 1. The Morgan fingerprint density at radius 2 is 1.59 bits per heavy atom. The number of esters is 1. The predicted octanol–water partition coefficient (Wildman–Crippen LogP) is 4.43. The van der Waals surface area contributed by atoms with E-state index in [2.05, 4.69) is 5.32 Å². The summed E-state index contributed by atoms with van der Waals surface area (Å²) in [5.74, 6) is -0.217. The molecule has 1 amide bonds. The van der Waals surface area contributed by atoms with E-state index in [0.29, 0.717) is 11.5 Å². The molecule has 0 radical (unpaired) electrons. The summed E-state index contributed by atoms with van der Waals surface area (Å²) < 4.78 is 10.5. The van der Waals surface area contributed by atoms with Crippen molar-refractivity contribution in [1.82, 2.24) is 0 Å². The Morgan fingerprint density at radius 1 is 0.931 bits per heavy atom. The van der Waals surface area contributed by atoms with Crippen molar-refractivity contribution < 1.29 is 24.0 Å². The molecule has 0 heterocycles. The van der Waals surface area contributed by atoms with Gasteiger partial charge in [0.05, 0.1) is 23.3 Å². The molecule has 0 aliphatic rings. The van der Waals surface area contributed by atoms with Crippen molar-refractivity contribution in [2.75, 3.05) is 12.4 Å². The van der Waals surface area contributed by atoms with Gasteiger partial charge in [-0.15, -0.1) is 0 Å². The average Bonchev–Trinajstić information content (AvgIpc) is 2.75. The van der Waals surface area contributed by atoms with Crippen molar-refractivity contribution in [2.24, 2.45) is 0 Å². The largest absolute Gasteiger partial charge is 0.465 e. The minimum Gasteiger partial charge on any atom is -0.465 e. The zero-order valence-corrected chi connectivity index (χ0v) is 15.3. The van der Waals surface area contributed by atoms with Crippen molar-refractivity contribution in [2.45, 2.75) is 0 Å². The fraction of sp³-hybridized carbons (Fsp3) is 0.0476. The quantitative estimate of drug-likeness (QED) is 0.378. The lowest BCUT2D eigenvalue weighted by Gasteiger charge is -2.13. The van der Waals surface area contributed by atoms with Crippen LogP contribution in [0.1, 0.15) is 20.7 Å². The molecule has 8 heteroatoms. The topological polar surface area (TPSA) is 108 Å². The molecule has 0 bridgehead atoms. The Balaban J connectivity index is 1.90. The van der Waals surface area contributed by atoms with Crippen molar-refractivity contribution in [1.29, 1.82) is 0 Å². The first kappa shape index (κ1) is 19.6. The van der Waals surface area contributed by atoms with Gasteiger partial charge in [0.2, 0.25) is 0 Å². The van der Waals surface area contributed by atoms with Crippen molar-refractivity contribution >= 4 is 23.3 Å². The number of ether oxygens (including phenoxy) is 2. The maximum Gasteiger partial charge on any atom is 0.337 e. The number of non-ortho nitro benzene ring substituents is 1. The van der Waals surface area contributed by atoms with E-state index in [4.69, 9.17) is 9.47 Å². The minimum absolute atomic E-state index is 0.123. The molecule has 0 saturated heterocycles. The number of rotatable bonds is 6. The minimum atomic E-state index is -0.568. The first-order chi connectivity index (χ1) is 14.0. The van der Waals surface area contributed by atoms with Gasteiger partial charge in [0.15, 0.2) is 5.75 Å². The summed E-state index contributed by atoms with van der Waals surface area (Å²) in [6.45, 7) is 0. The van der Waals surface area contributed by atoms with Gasteiger partial charge in [-0.25, -0.2) is 4.79 Å². The molecule has 1 N–H and O–H groups in total. The lowest BCUT2D eigenvalue weighted by molar-refractivity contribution is -0.384. The van der Waals surface area contributed by atoms with E-state index in [1.165, 1.54) is 43.5 Å². The normalized spacial score (nSPS) is 10.1. The van der Waals surface area contributed by atoms with Crippen LogP contribution in [0.15, 0.2) is 72.8 Å². The number of hydrogen-bond donors (Lipinski definition) is 1. The van der Waals surface area contributed by atoms with Crippen LogP contribution in [0.25, 0.3) is 0 Å². The fourth-order valence-electron chi connectivity index (χ4n) is 2.51. The number of anilines is 1. The zero-order valence-electron chi connectivity index (χ0n) is 15.3. The monoisotopic (exact) mass is 392 g/mol. The third kappa shape index (κ3) is 4.75. The highest BCUT2D eigenvalue weighted by atomic mass is 16.6. The maximum atomic E-state index is 12.6. The fourth-order valence-corrected chi connectivity index (χ4v) is 2.51. The highest BCUT2D eigenvalue weighted by Crippen LogP contribution is 2.31. The molecular formula is C21H16N2O6. The maximum absolute atomic E-state index is 12.6. The predicted molar refractivity (Wildman–Crippen MR) is 105 cm³/mol. The van der Waals surface area contributed by atoms with Gasteiger partial charge in [0.1, 0.15) is 5.75 Å². The standard InChI is InChI=1S/C21H16N2O6/c1-28-21(25)15-9-12-19(29-17-5-3-2-4-6-17)18(13-15)22-20(24)14-7-10-16(11-8-14)23(26)27/h2-13H,1H3,(H,22,24). The third-order valence-corrected chi connectivity index (χ3v) is 3.96. The zero-order chi connectivity index (χ0) is 20.8. The number of nitrogens with one attached hydrogen (secondary N) is 1. The SMILES string of the molecule is COC(=O)c1ccc(Oc2ccccc2)c(NC(=O)c2ccc([N+](=O)[O-])cc2)c1. The summed E-state index contributed by atoms with van der Waals surface area (Å²) in [4.78, 5) is 34.7. The van der Waals surface area contributed by atoms with Crippen LogP contribution in [0.5, 0.6) is 11.5 Å². The molecule has 0 atom stereocenters. The molecule has 0 fully saturated rings. The molecule has 0 aliphatic heterocycles. The summed E-state index contributed by atoms with van der Waals surface area (Å²) in [7, 11) is 1.26.